The molecule has 0 saturated carbocycles. The van der Waals surface area contributed by atoms with Crippen LogP contribution in [0.4, 0.5) is 0 Å². The normalized spacial score (nSPS) is 13.4. The van der Waals surface area contributed by atoms with Gasteiger partial charge in [-0.25, -0.2) is 0 Å². The monoisotopic (exact) mass is 425 g/mol. The second-order valence-electron chi connectivity index (χ2n) is 8.41. The van der Waals surface area contributed by atoms with Gasteiger partial charge in [0.15, 0.2) is 5.78 Å². The third-order valence-corrected chi connectivity index (χ3v) is 7.18. The molecular formula is C27H39NOS. The minimum atomic E-state index is -0.519. The first kappa shape index (κ1) is 24.7. The van der Waals surface area contributed by atoms with Crippen molar-refractivity contribution in [2.75, 3.05) is 19.8 Å². The largest absolute Gasteiger partial charge is 0.297 e. The molecule has 0 spiro atoms. The van der Waals surface area contributed by atoms with Gasteiger partial charge in [0.05, 0.1) is 5.54 Å². The molecule has 0 aliphatic rings. The third kappa shape index (κ3) is 6.99. The number of rotatable bonds is 14. The summed E-state index contributed by atoms with van der Waals surface area (Å²) in [6.45, 7) is 4.38. The Bertz CT molecular complexity index is 741. The van der Waals surface area contributed by atoms with Crippen molar-refractivity contribution < 1.29 is 4.79 Å². The molecule has 2 aromatic carbocycles. The Labute approximate surface area is 188 Å². The first-order valence-electron chi connectivity index (χ1n) is 11.5. The highest BCUT2D eigenvalue weighted by Crippen LogP contribution is 2.29. The van der Waals surface area contributed by atoms with Crippen LogP contribution < -0.4 is 0 Å². The Hall–Kier alpha value is -1.58. The summed E-state index contributed by atoms with van der Waals surface area (Å²) in [4.78, 5) is 17.0. The number of unbranched alkanes of at least 4 members (excludes halogenated alkanes) is 5. The minimum Gasteiger partial charge on any atom is -0.297 e. The van der Waals surface area contributed by atoms with Crippen LogP contribution in [0.5, 0.6) is 0 Å². The number of thioether (sulfide) groups is 1. The van der Waals surface area contributed by atoms with E-state index in [0.717, 1.165) is 24.2 Å². The van der Waals surface area contributed by atoms with Crippen LogP contribution in [0.2, 0.25) is 0 Å². The van der Waals surface area contributed by atoms with E-state index >= 15 is 0 Å². The molecule has 0 amide bonds. The van der Waals surface area contributed by atoms with Gasteiger partial charge in [0.2, 0.25) is 0 Å². The van der Waals surface area contributed by atoms with Crippen LogP contribution in [-0.2, 0) is 6.42 Å². The minimum absolute atomic E-state index is 0.214. The molecule has 2 aromatic rings. The molecule has 0 heterocycles. The topological polar surface area (TPSA) is 20.3 Å². The fourth-order valence-electron chi connectivity index (χ4n) is 4.02. The zero-order valence-corrected chi connectivity index (χ0v) is 20.1. The van der Waals surface area contributed by atoms with E-state index in [1.807, 2.05) is 56.2 Å². The maximum atomic E-state index is 13.6. The fraction of sp³-hybridized carbons (Fsp3) is 0.519. The predicted octanol–water partition coefficient (Wildman–Crippen LogP) is 7.28. The van der Waals surface area contributed by atoms with Crippen molar-refractivity contribution in [3.63, 3.8) is 0 Å². The lowest BCUT2D eigenvalue weighted by Crippen LogP contribution is -2.52. The zero-order valence-electron chi connectivity index (χ0n) is 19.3. The lowest BCUT2D eigenvalue weighted by atomic mass is 9.80. The van der Waals surface area contributed by atoms with Gasteiger partial charge < -0.3 is 0 Å². The summed E-state index contributed by atoms with van der Waals surface area (Å²) >= 11 is 1.91. The molecule has 0 aliphatic carbocycles. The molecule has 3 heteroatoms. The Kier molecular flexibility index (Phi) is 10.7. The third-order valence-electron chi connectivity index (χ3n) is 6.09. The summed E-state index contributed by atoms with van der Waals surface area (Å²) in [5, 5.41) is 0. The van der Waals surface area contributed by atoms with Crippen molar-refractivity contribution in [1.82, 2.24) is 4.90 Å². The number of carbonyl (C=O) groups is 1. The molecule has 0 aromatic heterocycles. The quantitative estimate of drug-likeness (QED) is 0.180. The SMILES string of the molecule is CCCCCCCCSc1ccc(C(=O)C(CC)(Cc2ccccc2)N(C)C)cc1. The van der Waals surface area contributed by atoms with Gasteiger partial charge in [-0.1, -0.05) is 88.4 Å². The van der Waals surface area contributed by atoms with Gasteiger partial charge >= 0.3 is 0 Å². The summed E-state index contributed by atoms with van der Waals surface area (Å²) in [7, 11) is 4.05. The van der Waals surface area contributed by atoms with Crippen LogP contribution in [0.25, 0.3) is 0 Å². The lowest BCUT2D eigenvalue weighted by Gasteiger charge is -2.38. The van der Waals surface area contributed by atoms with Crippen LogP contribution >= 0.6 is 11.8 Å². The molecule has 1 unspecified atom stereocenters. The van der Waals surface area contributed by atoms with Gasteiger partial charge in [-0.05, 0) is 56.8 Å². The highest BCUT2D eigenvalue weighted by atomic mass is 32.2. The number of nitrogens with zero attached hydrogens (tertiary/aromatic N) is 1. The number of benzene rings is 2. The molecule has 0 radical (unpaired) electrons. The zero-order chi connectivity index (χ0) is 21.8. The molecule has 0 saturated heterocycles. The molecule has 0 bridgehead atoms. The Balaban J connectivity index is 1.99. The average molecular weight is 426 g/mol. The maximum absolute atomic E-state index is 13.6. The molecule has 0 N–H and O–H groups in total. The molecule has 30 heavy (non-hydrogen) atoms. The van der Waals surface area contributed by atoms with E-state index in [1.165, 1.54) is 49.0 Å². The van der Waals surface area contributed by atoms with Crippen LogP contribution in [0.15, 0.2) is 59.5 Å². The molecule has 2 rings (SSSR count). The standard InChI is InChI=1S/C27H39NOS/c1-5-7-8-9-10-14-21-30-25-19-17-24(18-20-25)26(29)27(6-2,28(3)4)22-23-15-12-11-13-16-23/h11-13,15-20H,5-10,14,21-22H2,1-4H3. The van der Waals surface area contributed by atoms with Crippen molar-refractivity contribution in [3.05, 3.63) is 65.7 Å². The Morgan fingerprint density at radius 1 is 0.867 bits per heavy atom. The molecule has 2 nitrogen and oxygen atoms in total. The molecule has 0 fully saturated rings. The van der Waals surface area contributed by atoms with Crippen molar-refractivity contribution in [1.29, 1.82) is 0 Å². The van der Waals surface area contributed by atoms with E-state index in [1.54, 1.807) is 0 Å². The summed E-state index contributed by atoms with van der Waals surface area (Å²) in [5.41, 5.74) is 1.49. The van der Waals surface area contributed by atoms with E-state index < -0.39 is 5.54 Å². The summed E-state index contributed by atoms with van der Waals surface area (Å²) in [5.74, 6) is 1.37. The van der Waals surface area contributed by atoms with Crippen molar-refractivity contribution in [2.24, 2.45) is 0 Å². The number of carbonyl (C=O) groups excluding carboxylic acids is 1. The number of Topliss-reactive ketones (excluding diaryl/α,β-unsaturated/α-hetero) is 1. The summed E-state index contributed by atoms with van der Waals surface area (Å²) < 4.78 is 0. The number of likely N-dealkylation sites (N-methyl/N-ethyl adjacent to an activating group) is 1. The van der Waals surface area contributed by atoms with E-state index in [4.69, 9.17) is 0 Å². The van der Waals surface area contributed by atoms with Crippen LogP contribution in [0.3, 0.4) is 0 Å². The number of hydrogen-bond acceptors (Lipinski definition) is 3. The second kappa shape index (κ2) is 13.0. The first-order chi connectivity index (χ1) is 14.5. The smallest absolute Gasteiger partial charge is 0.183 e. The van der Waals surface area contributed by atoms with E-state index in [0.29, 0.717) is 0 Å². The summed E-state index contributed by atoms with van der Waals surface area (Å²) in [6, 6.07) is 18.6. The van der Waals surface area contributed by atoms with E-state index in [2.05, 4.69) is 43.0 Å². The van der Waals surface area contributed by atoms with Gasteiger partial charge in [-0.3, -0.25) is 9.69 Å². The first-order valence-corrected chi connectivity index (χ1v) is 12.5. The second-order valence-corrected chi connectivity index (χ2v) is 9.58. The number of hydrogen-bond donors (Lipinski definition) is 0. The van der Waals surface area contributed by atoms with Crippen LogP contribution in [0.1, 0.15) is 74.7 Å². The molecule has 0 aliphatic heterocycles. The molecular weight excluding hydrogens is 386 g/mol. The van der Waals surface area contributed by atoms with Crippen LogP contribution in [0, 0.1) is 0 Å². The average Bonchev–Trinajstić information content (AvgIpc) is 2.77. The van der Waals surface area contributed by atoms with Gasteiger partial charge in [-0.15, -0.1) is 11.8 Å². The Morgan fingerprint density at radius 2 is 1.50 bits per heavy atom. The van der Waals surface area contributed by atoms with Crippen LogP contribution in [-0.4, -0.2) is 36.1 Å². The fourth-order valence-corrected chi connectivity index (χ4v) is 4.93. The van der Waals surface area contributed by atoms with Gasteiger partial charge in [0.25, 0.3) is 0 Å². The van der Waals surface area contributed by atoms with Crippen molar-refractivity contribution in [2.45, 2.75) is 75.6 Å². The maximum Gasteiger partial charge on any atom is 0.183 e. The van der Waals surface area contributed by atoms with Crippen molar-refractivity contribution >= 4 is 17.5 Å². The van der Waals surface area contributed by atoms with E-state index in [-0.39, 0.29) is 5.78 Å². The highest BCUT2D eigenvalue weighted by molar-refractivity contribution is 7.99. The van der Waals surface area contributed by atoms with E-state index in [9.17, 15) is 4.79 Å². The van der Waals surface area contributed by atoms with Gasteiger partial charge in [0, 0.05) is 10.5 Å². The van der Waals surface area contributed by atoms with Gasteiger partial charge in [0.1, 0.15) is 0 Å². The van der Waals surface area contributed by atoms with Gasteiger partial charge in [-0.2, -0.15) is 0 Å². The highest BCUT2D eigenvalue weighted by Gasteiger charge is 2.39. The van der Waals surface area contributed by atoms with Crippen molar-refractivity contribution in [3.8, 4) is 0 Å². The molecule has 1 atom stereocenters. The lowest BCUT2D eigenvalue weighted by molar-refractivity contribution is 0.0666. The predicted molar refractivity (Wildman–Crippen MR) is 132 cm³/mol. The number of ketones is 1. The summed E-state index contributed by atoms with van der Waals surface area (Å²) in [6.07, 6.45) is 9.49. The Morgan fingerprint density at radius 3 is 2.10 bits per heavy atom. The molecule has 164 valence electrons.